The van der Waals surface area contributed by atoms with Gasteiger partial charge in [-0.3, -0.25) is 0 Å². The van der Waals surface area contributed by atoms with Crippen LogP contribution in [0.1, 0.15) is 12.5 Å². The molecule has 1 aromatic carbocycles. The predicted molar refractivity (Wildman–Crippen MR) is 59.2 cm³/mol. The van der Waals surface area contributed by atoms with Gasteiger partial charge < -0.3 is 10.1 Å². The summed E-state index contributed by atoms with van der Waals surface area (Å²) in [7, 11) is 0. The van der Waals surface area contributed by atoms with E-state index in [1.807, 2.05) is 44.2 Å². The highest BCUT2D eigenvalue weighted by Crippen LogP contribution is 2.11. The van der Waals surface area contributed by atoms with Gasteiger partial charge in [-0.05, 0) is 32.1 Å². The summed E-state index contributed by atoms with van der Waals surface area (Å²) < 4.78 is 5.40. The minimum Gasteiger partial charge on any atom is -0.487 e. The van der Waals surface area contributed by atoms with E-state index in [2.05, 4.69) is 0 Å². The van der Waals surface area contributed by atoms with Gasteiger partial charge in [-0.25, -0.2) is 0 Å². The highest BCUT2D eigenvalue weighted by atomic mass is 16.5. The Hall–Kier alpha value is -1.57. The molecule has 0 atom stereocenters. The Morgan fingerprint density at radius 1 is 1.36 bits per heavy atom. The van der Waals surface area contributed by atoms with Crippen LogP contribution in [0.4, 0.5) is 0 Å². The summed E-state index contributed by atoms with van der Waals surface area (Å²) in [5, 5.41) is 7.47. The summed E-state index contributed by atoms with van der Waals surface area (Å²) in [4.78, 5) is 0. The van der Waals surface area contributed by atoms with Crippen LogP contribution in [0.3, 0.4) is 0 Å². The predicted octanol–water partition coefficient (Wildman–Crippen LogP) is 2.97. The van der Waals surface area contributed by atoms with Gasteiger partial charge in [0.25, 0.3) is 0 Å². The topological polar surface area (TPSA) is 33.1 Å². The van der Waals surface area contributed by atoms with E-state index in [4.69, 9.17) is 10.1 Å². The summed E-state index contributed by atoms with van der Waals surface area (Å²) in [5.41, 5.74) is 1.69. The fraction of sp³-hybridized carbons (Fsp3) is 0.250. The minimum absolute atomic E-state index is 0.327. The van der Waals surface area contributed by atoms with E-state index in [0.717, 1.165) is 5.75 Å². The summed E-state index contributed by atoms with van der Waals surface area (Å²) >= 11 is 0. The molecule has 0 fully saturated rings. The molecule has 2 nitrogen and oxygen atoms in total. The molecule has 0 aliphatic heterocycles. The lowest BCUT2D eigenvalue weighted by Crippen LogP contribution is -2.07. The first-order chi connectivity index (χ1) is 6.72. The van der Waals surface area contributed by atoms with Crippen LogP contribution < -0.4 is 4.74 Å². The van der Waals surface area contributed by atoms with Crippen molar-refractivity contribution in [1.29, 1.82) is 5.41 Å². The molecule has 0 saturated heterocycles. The number of rotatable bonds is 4. The van der Waals surface area contributed by atoms with Gasteiger partial charge in [-0.2, -0.15) is 0 Å². The molecule has 0 aromatic heterocycles. The third-order valence-corrected chi connectivity index (χ3v) is 1.78. The Morgan fingerprint density at radius 2 is 2.00 bits per heavy atom. The first kappa shape index (κ1) is 10.5. The molecule has 1 N–H and O–H groups in total. The zero-order valence-electron chi connectivity index (χ0n) is 8.58. The van der Waals surface area contributed by atoms with Crippen LogP contribution in [0, 0.1) is 12.3 Å². The van der Waals surface area contributed by atoms with E-state index in [1.54, 1.807) is 6.08 Å². The summed E-state index contributed by atoms with van der Waals surface area (Å²) in [6, 6.07) is 7.82. The van der Waals surface area contributed by atoms with E-state index in [1.165, 1.54) is 5.56 Å². The second-order valence-electron chi connectivity index (χ2n) is 3.13. The largest absolute Gasteiger partial charge is 0.487 e. The Labute approximate surface area is 84.7 Å². The maximum Gasteiger partial charge on any atom is 0.129 e. The molecule has 2 heteroatoms. The lowest BCUT2D eigenvalue weighted by molar-refractivity contribution is 0.376. The first-order valence-electron chi connectivity index (χ1n) is 4.62. The van der Waals surface area contributed by atoms with Crippen molar-refractivity contribution in [3.63, 3.8) is 0 Å². The van der Waals surface area contributed by atoms with Crippen molar-refractivity contribution in [3.8, 4) is 5.75 Å². The van der Waals surface area contributed by atoms with Crippen molar-refractivity contribution in [1.82, 2.24) is 0 Å². The molecule has 0 aliphatic carbocycles. The second kappa shape index (κ2) is 5.22. The van der Waals surface area contributed by atoms with Crippen molar-refractivity contribution in [2.24, 2.45) is 0 Å². The van der Waals surface area contributed by atoms with Crippen molar-refractivity contribution in [2.45, 2.75) is 13.8 Å². The molecule has 0 saturated carbocycles. The quantitative estimate of drug-likeness (QED) is 0.726. The van der Waals surface area contributed by atoms with Gasteiger partial charge in [0.1, 0.15) is 12.4 Å². The fourth-order valence-corrected chi connectivity index (χ4v) is 1.04. The number of aryl methyl sites for hydroxylation is 1. The molecular weight excluding hydrogens is 174 g/mol. The van der Waals surface area contributed by atoms with Crippen LogP contribution in [0.2, 0.25) is 0 Å². The van der Waals surface area contributed by atoms with Gasteiger partial charge in [-0.1, -0.05) is 23.8 Å². The van der Waals surface area contributed by atoms with Gasteiger partial charge in [0.05, 0.1) is 5.71 Å². The lowest BCUT2D eigenvalue weighted by Gasteiger charge is -2.04. The minimum atomic E-state index is 0.327. The molecule has 14 heavy (non-hydrogen) atoms. The summed E-state index contributed by atoms with van der Waals surface area (Å²) in [6.45, 7) is 4.25. The van der Waals surface area contributed by atoms with E-state index < -0.39 is 0 Å². The number of hydrogen-bond acceptors (Lipinski definition) is 2. The normalized spacial score (nSPS) is 10.4. The number of ether oxygens (including phenoxy) is 1. The molecule has 0 bridgehead atoms. The Bertz CT molecular complexity index is 325. The highest BCUT2D eigenvalue weighted by Gasteiger charge is 1.94. The van der Waals surface area contributed by atoms with Crippen LogP contribution in [-0.4, -0.2) is 12.3 Å². The van der Waals surface area contributed by atoms with Crippen molar-refractivity contribution < 1.29 is 4.74 Å². The molecule has 74 valence electrons. The maximum atomic E-state index is 7.47. The van der Waals surface area contributed by atoms with Gasteiger partial charge in [0.15, 0.2) is 0 Å². The van der Waals surface area contributed by atoms with E-state index in [0.29, 0.717) is 12.3 Å². The molecular formula is C12H15NO. The van der Waals surface area contributed by atoms with Crippen LogP contribution in [-0.2, 0) is 0 Å². The molecule has 0 heterocycles. The van der Waals surface area contributed by atoms with Crippen LogP contribution in [0.15, 0.2) is 36.4 Å². The molecule has 0 unspecified atom stereocenters. The third kappa shape index (κ3) is 3.44. The lowest BCUT2D eigenvalue weighted by atomic mass is 10.2. The number of benzene rings is 1. The van der Waals surface area contributed by atoms with Crippen molar-refractivity contribution in [2.75, 3.05) is 6.61 Å². The van der Waals surface area contributed by atoms with Gasteiger partial charge in [0.2, 0.25) is 0 Å². The second-order valence-corrected chi connectivity index (χ2v) is 3.13. The molecule has 1 rings (SSSR count). The Kier molecular flexibility index (Phi) is 3.92. The van der Waals surface area contributed by atoms with Crippen LogP contribution >= 0.6 is 0 Å². The van der Waals surface area contributed by atoms with Crippen LogP contribution in [0.25, 0.3) is 0 Å². The number of nitrogens with one attached hydrogen (secondary N) is 1. The average molecular weight is 189 g/mol. The average Bonchev–Trinajstić information content (AvgIpc) is 2.17. The van der Waals surface area contributed by atoms with Gasteiger partial charge in [0, 0.05) is 0 Å². The smallest absolute Gasteiger partial charge is 0.129 e. The Morgan fingerprint density at radius 3 is 2.57 bits per heavy atom. The van der Waals surface area contributed by atoms with Crippen LogP contribution in [0.5, 0.6) is 5.75 Å². The standard InChI is InChI=1S/C12H15NO/c1-3-4-11(13)9-14-12-7-5-10(2)6-8-12/h3-8,13H,9H2,1-2H3/b4-3-,13-11?. The first-order valence-corrected chi connectivity index (χ1v) is 4.62. The van der Waals surface area contributed by atoms with E-state index >= 15 is 0 Å². The van der Waals surface area contributed by atoms with Crippen molar-refractivity contribution in [3.05, 3.63) is 42.0 Å². The molecule has 0 amide bonds. The van der Waals surface area contributed by atoms with Gasteiger partial charge in [-0.15, -0.1) is 0 Å². The fourth-order valence-electron chi connectivity index (χ4n) is 1.04. The zero-order valence-corrected chi connectivity index (χ0v) is 8.58. The third-order valence-electron chi connectivity index (χ3n) is 1.78. The van der Waals surface area contributed by atoms with Gasteiger partial charge >= 0.3 is 0 Å². The Balaban J connectivity index is 2.46. The summed E-state index contributed by atoms with van der Waals surface area (Å²) in [5.74, 6) is 0.810. The number of hydrogen-bond donors (Lipinski definition) is 1. The zero-order chi connectivity index (χ0) is 10.4. The molecule has 0 aliphatic rings. The number of allylic oxidation sites excluding steroid dienone is 1. The highest BCUT2D eigenvalue weighted by molar-refractivity contribution is 5.93. The van der Waals surface area contributed by atoms with E-state index in [9.17, 15) is 0 Å². The maximum absolute atomic E-state index is 7.47. The molecule has 0 spiro atoms. The molecule has 0 radical (unpaired) electrons. The molecule has 1 aromatic rings. The van der Waals surface area contributed by atoms with Crippen molar-refractivity contribution >= 4 is 5.71 Å². The monoisotopic (exact) mass is 189 g/mol. The summed E-state index contributed by atoms with van der Waals surface area (Å²) in [6.07, 6.45) is 3.56. The SMILES string of the molecule is C/C=C\C(=N)COc1ccc(C)cc1. The van der Waals surface area contributed by atoms with E-state index in [-0.39, 0.29) is 0 Å².